The van der Waals surface area contributed by atoms with Crippen LogP contribution in [0.25, 0.3) is 0 Å². The van der Waals surface area contributed by atoms with Gasteiger partial charge >= 0.3 is 0 Å². The molecule has 0 saturated heterocycles. The summed E-state index contributed by atoms with van der Waals surface area (Å²) in [5.74, 6) is 0.732. The minimum atomic E-state index is 0.0962. The van der Waals surface area contributed by atoms with Crippen molar-refractivity contribution in [2.45, 2.75) is 53.1 Å². The molecule has 0 spiro atoms. The fraction of sp³-hybridized carbons (Fsp3) is 0.647. The van der Waals surface area contributed by atoms with Gasteiger partial charge < -0.3 is 10.6 Å². The monoisotopic (exact) mass is 262 g/mol. The van der Waals surface area contributed by atoms with Crippen LogP contribution < -0.4 is 5.73 Å². The topological polar surface area (TPSA) is 29.3 Å². The molecule has 2 unspecified atom stereocenters. The molecule has 2 nitrogen and oxygen atoms in total. The second-order valence-corrected chi connectivity index (χ2v) is 6.37. The van der Waals surface area contributed by atoms with Crippen molar-refractivity contribution >= 4 is 0 Å². The Balaban J connectivity index is 2.63. The van der Waals surface area contributed by atoms with E-state index in [0.29, 0.717) is 6.04 Å². The van der Waals surface area contributed by atoms with E-state index >= 15 is 0 Å². The van der Waals surface area contributed by atoms with Crippen molar-refractivity contribution in [3.05, 3.63) is 34.9 Å². The Morgan fingerprint density at radius 2 is 1.74 bits per heavy atom. The van der Waals surface area contributed by atoms with Gasteiger partial charge in [0, 0.05) is 18.6 Å². The fourth-order valence-corrected chi connectivity index (χ4v) is 2.45. The highest BCUT2D eigenvalue weighted by molar-refractivity contribution is 5.31. The molecule has 108 valence electrons. The van der Waals surface area contributed by atoms with Crippen molar-refractivity contribution in [3.8, 4) is 0 Å². The lowest BCUT2D eigenvalue weighted by Crippen LogP contribution is -2.36. The van der Waals surface area contributed by atoms with Gasteiger partial charge in [0.25, 0.3) is 0 Å². The molecule has 0 radical (unpaired) electrons. The minimum absolute atomic E-state index is 0.0962. The highest BCUT2D eigenvalue weighted by Gasteiger charge is 2.15. The largest absolute Gasteiger partial charge is 0.323 e. The lowest BCUT2D eigenvalue weighted by atomic mass is 10.00. The molecule has 0 saturated carbocycles. The predicted molar refractivity (Wildman–Crippen MR) is 84.4 cm³/mol. The molecule has 2 heteroatoms. The summed E-state index contributed by atoms with van der Waals surface area (Å²) in [6.07, 6.45) is 1.22. The maximum atomic E-state index is 6.34. The molecular weight excluding hydrogens is 232 g/mol. The first-order valence-electron chi connectivity index (χ1n) is 7.34. The Labute approximate surface area is 119 Å². The molecule has 2 atom stereocenters. The number of hydrogen-bond donors (Lipinski definition) is 1. The second kappa shape index (κ2) is 7.06. The van der Waals surface area contributed by atoms with Gasteiger partial charge in [-0.25, -0.2) is 0 Å². The van der Waals surface area contributed by atoms with E-state index < -0.39 is 0 Å². The van der Waals surface area contributed by atoms with Crippen LogP contribution >= 0.6 is 0 Å². The number of hydrogen-bond acceptors (Lipinski definition) is 2. The van der Waals surface area contributed by atoms with Gasteiger partial charge in [-0.3, -0.25) is 0 Å². The van der Waals surface area contributed by atoms with E-state index in [1.54, 1.807) is 0 Å². The van der Waals surface area contributed by atoms with Crippen LogP contribution in [-0.4, -0.2) is 24.5 Å². The summed E-state index contributed by atoms with van der Waals surface area (Å²) in [4.78, 5) is 2.37. The molecular formula is C17H30N2. The van der Waals surface area contributed by atoms with E-state index in [4.69, 9.17) is 5.73 Å². The molecule has 0 aromatic heterocycles. The fourth-order valence-electron chi connectivity index (χ4n) is 2.45. The summed E-state index contributed by atoms with van der Waals surface area (Å²) in [6, 6.07) is 7.23. The van der Waals surface area contributed by atoms with E-state index in [9.17, 15) is 0 Å². The summed E-state index contributed by atoms with van der Waals surface area (Å²) in [7, 11) is 2.17. The maximum Gasteiger partial charge on any atom is 0.0424 e. The van der Waals surface area contributed by atoms with E-state index in [2.05, 4.69) is 64.8 Å². The van der Waals surface area contributed by atoms with Crippen LogP contribution in [0.1, 0.15) is 49.9 Å². The third-order valence-electron chi connectivity index (χ3n) is 4.01. The van der Waals surface area contributed by atoms with Crippen LogP contribution in [0.4, 0.5) is 0 Å². The van der Waals surface area contributed by atoms with Crippen molar-refractivity contribution in [2.24, 2.45) is 11.7 Å². The molecule has 0 aliphatic rings. The minimum Gasteiger partial charge on any atom is -0.323 e. The second-order valence-electron chi connectivity index (χ2n) is 6.37. The average molecular weight is 262 g/mol. The smallest absolute Gasteiger partial charge is 0.0424 e. The van der Waals surface area contributed by atoms with Gasteiger partial charge in [-0.2, -0.15) is 0 Å². The van der Waals surface area contributed by atoms with Gasteiger partial charge in [0.2, 0.25) is 0 Å². The molecule has 1 aromatic carbocycles. The van der Waals surface area contributed by atoms with E-state index in [0.717, 1.165) is 12.5 Å². The molecule has 0 heterocycles. The zero-order valence-electron chi connectivity index (χ0n) is 13.4. The van der Waals surface area contributed by atoms with Crippen molar-refractivity contribution in [3.63, 3.8) is 0 Å². The molecule has 0 aliphatic heterocycles. The SMILES string of the molecule is Cc1ccc(C(N)CN(C)C(C)CC(C)C)cc1C. The number of rotatable bonds is 6. The molecule has 0 fully saturated rings. The third kappa shape index (κ3) is 4.96. The first-order valence-corrected chi connectivity index (χ1v) is 7.34. The van der Waals surface area contributed by atoms with Gasteiger partial charge in [-0.05, 0) is 56.8 Å². The lowest BCUT2D eigenvalue weighted by molar-refractivity contribution is 0.216. The first-order chi connectivity index (χ1) is 8.81. The molecule has 0 aliphatic carbocycles. The molecule has 0 amide bonds. The normalized spacial score (nSPS) is 15.0. The molecule has 2 N–H and O–H groups in total. The Morgan fingerprint density at radius 1 is 1.11 bits per heavy atom. The Kier molecular flexibility index (Phi) is 6.02. The Hall–Kier alpha value is -0.860. The highest BCUT2D eigenvalue weighted by atomic mass is 15.1. The summed E-state index contributed by atoms with van der Waals surface area (Å²) >= 11 is 0. The van der Waals surface area contributed by atoms with Gasteiger partial charge in [0.05, 0.1) is 0 Å². The standard InChI is InChI=1S/C17H30N2/c1-12(2)9-15(5)19(6)11-17(18)16-8-7-13(3)14(4)10-16/h7-8,10,12,15,17H,9,11,18H2,1-6H3. The van der Waals surface area contributed by atoms with E-state index in [1.807, 2.05) is 0 Å². The zero-order valence-corrected chi connectivity index (χ0v) is 13.4. The molecule has 19 heavy (non-hydrogen) atoms. The average Bonchev–Trinajstić information content (AvgIpc) is 2.31. The van der Waals surface area contributed by atoms with Gasteiger partial charge in [0.15, 0.2) is 0 Å². The van der Waals surface area contributed by atoms with Crippen molar-refractivity contribution < 1.29 is 0 Å². The maximum absolute atomic E-state index is 6.34. The van der Waals surface area contributed by atoms with Crippen LogP contribution in [0.15, 0.2) is 18.2 Å². The quantitative estimate of drug-likeness (QED) is 0.847. The summed E-state index contributed by atoms with van der Waals surface area (Å²) in [5.41, 5.74) is 10.2. The Morgan fingerprint density at radius 3 is 2.26 bits per heavy atom. The van der Waals surface area contributed by atoms with Crippen molar-refractivity contribution in [1.82, 2.24) is 4.90 Å². The van der Waals surface area contributed by atoms with E-state index in [1.165, 1.54) is 23.1 Å². The molecule has 1 aromatic rings. The van der Waals surface area contributed by atoms with Gasteiger partial charge in [-0.1, -0.05) is 32.0 Å². The number of nitrogens with two attached hydrogens (primary N) is 1. The van der Waals surface area contributed by atoms with Crippen LogP contribution in [-0.2, 0) is 0 Å². The predicted octanol–water partition coefficient (Wildman–Crippen LogP) is 3.67. The molecule has 0 bridgehead atoms. The molecule has 1 rings (SSSR count). The lowest BCUT2D eigenvalue weighted by Gasteiger charge is -2.29. The summed E-state index contributed by atoms with van der Waals surface area (Å²) in [5, 5.41) is 0. The first kappa shape index (κ1) is 16.2. The number of benzene rings is 1. The number of aryl methyl sites for hydroxylation is 2. The van der Waals surface area contributed by atoms with Crippen LogP contribution in [0.2, 0.25) is 0 Å². The van der Waals surface area contributed by atoms with Crippen molar-refractivity contribution in [2.75, 3.05) is 13.6 Å². The van der Waals surface area contributed by atoms with Gasteiger partial charge in [-0.15, -0.1) is 0 Å². The summed E-state index contributed by atoms with van der Waals surface area (Å²) in [6.45, 7) is 12.0. The van der Waals surface area contributed by atoms with Crippen LogP contribution in [0.3, 0.4) is 0 Å². The summed E-state index contributed by atoms with van der Waals surface area (Å²) < 4.78 is 0. The number of nitrogens with zero attached hydrogens (tertiary/aromatic N) is 1. The third-order valence-corrected chi connectivity index (χ3v) is 4.01. The van der Waals surface area contributed by atoms with Gasteiger partial charge in [0.1, 0.15) is 0 Å². The zero-order chi connectivity index (χ0) is 14.6. The van der Waals surface area contributed by atoms with E-state index in [-0.39, 0.29) is 6.04 Å². The highest BCUT2D eigenvalue weighted by Crippen LogP contribution is 2.18. The number of likely N-dealkylation sites (N-methyl/N-ethyl adjacent to an activating group) is 1. The van der Waals surface area contributed by atoms with Crippen LogP contribution in [0, 0.1) is 19.8 Å². The van der Waals surface area contributed by atoms with Crippen molar-refractivity contribution in [1.29, 1.82) is 0 Å². The Bertz CT molecular complexity index is 398. The van der Waals surface area contributed by atoms with Crippen LogP contribution in [0.5, 0.6) is 0 Å².